The van der Waals surface area contributed by atoms with Crippen LogP contribution in [0.5, 0.6) is 0 Å². The van der Waals surface area contributed by atoms with Crippen LogP contribution in [0.25, 0.3) is 5.69 Å². The highest BCUT2D eigenvalue weighted by Crippen LogP contribution is 2.15. The van der Waals surface area contributed by atoms with Gasteiger partial charge in [-0.25, -0.2) is 4.68 Å². The van der Waals surface area contributed by atoms with Gasteiger partial charge < -0.3 is 0 Å². The third-order valence-electron chi connectivity index (χ3n) is 1.90. The first-order chi connectivity index (χ1) is 6.81. The summed E-state index contributed by atoms with van der Waals surface area (Å²) in [5, 5.41) is 4.63. The lowest BCUT2D eigenvalue weighted by Gasteiger charge is -2.03. The van der Waals surface area contributed by atoms with E-state index in [0.717, 1.165) is 11.4 Å². The summed E-state index contributed by atoms with van der Waals surface area (Å²) in [7, 11) is 0. The van der Waals surface area contributed by atoms with Crippen LogP contribution in [0.4, 0.5) is 0 Å². The van der Waals surface area contributed by atoms with Crippen LogP contribution in [-0.4, -0.2) is 14.8 Å². The first kappa shape index (κ1) is 9.21. The average molecular weight is 207 g/mol. The van der Waals surface area contributed by atoms with Gasteiger partial charge >= 0.3 is 0 Å². The lowest BCUT2D eigenvalue weighted by molar-refractivity contribution is 0.824. The topological polar surface area (TPSA) is 30.7 Å². The Hall–Kier alpha value is -1.35. The Kier molecular flexibility index (Phi) is 2.50. The van der Waals surface area contributed by atoms with Crippen LogP contribution in [0.1, 0.15) is 5.69 Å². The van der Waals surface area contributed by atoms with E-state index >= 15 is 0 Å². The monoisotopic (exact) mass is 206 g/mol. The van der Waals surface area contributed by atoms with E-state index in [4.69, 9.17) is 11.6 Å². The van der Waals surface area contributed by atoms with E-state index < -0.39 is 0 Å². The maximum Gasteiger partial charge on any atom is 0.151 e. The molecule has 2 aromatic heterocycles. The number of nitrogens with zero attached hydrogens (tertiary/aromatic N) is 3. The summed E-state index contributed by atoms with van der Waals surface area (Å²) < 4.78 is 1.75. The van der Waals surface area contributed by atoms with Gasteiger partial charge in [0.25, 0.3) is 0 Å². The molecule has 0 fully saturated rings. The molecule has 0 unspecified atom stereocenters. The van der Waals surface area contributed by atoms with Gasteiger partial charge in [-0.1, -0.05) is 11.6 Å². The lowest BCUT2D eigenvalue weighted by atomic mass is 10.3. The van der Waals surface area contributed by atoms with Crippen molar-refractivity contribution in [3.63, 3.8) is 0 Å². The second-order valence-electron chi connectivity index (χ2n) is 2.83. The predicted molar refractivity (Wildman–Crippen MR) is 55.4 cm³/mol. The van der Waals surface area contributed by atoms with E-state index in [2.05, 4.69) is 17.0 Å². The largest absolute Gasteiger partial charge is 0.262 e. The molecule has 0 atom stereocenters. The summed E-state index contributed by atoms with van der Waals surface area (Å²) in [5.41, 5.74) is 1.88. The fraction of sp³-hybridized carbons (Fsp3) is 0.100. The Morgan fingerprint density at radius 3 is 3.00 bits per heavy atom. The van der Waals surface area contributed by atoms with Crippen molar-refractivity contribution < 1.29 is 0 Å². The maximum atomic E-state index is 5.81. The third-order valence-corrected chi connectivity index (χ3v) is 2.08. The summed E-state index contributed by atoms with van der Waals surface area (Å²) >= 11 is 5.81. The van der Waals surface area contributed by atoms with Gasteiger partial charge in [0.05, 0.1) is 11.9 Å². The number of halogens is 1. The highest BCUT2D eigenvalue weighted by molar-refractivity contribution is 6.29. The minimum atomic E-state index is 0.479. The first-order valence-corrected chi connectivity index (χ1v) is 4.63. The summed E-state index contributed by atoms with van der Waals surface area (Å²) in [6.45, 7) is 3.82. The maximum absolute atomic E-state index is 5.81. The Morgan fingerprint density at radius 1 is 1.50 bits per heavy atom. The molecule has 2 aromatic rings. The first-order valence-electron chi connectivity index (χ1n) is 4.25. The van der Waals surface area contributed by atoms with Crippen molar-refractivity contribution in [1.29, 1.82) is 0 Å². The van der Waals surface area contributed by atoms with Crippen LogP contribution < -0.4 is 0 Å². The van der Waals surface area contributed by atoms with Crippen molar-refractivity contribution >= 4 is 11.6 Å². The highest BCUT2D eigenvalue weighted by atomic mass is 35.5. The molecule has 0 saturated heterocycles. The summed E-state index contributed by atoms with van der Waals surface area (Å²) in [6, 6.07) is 5.59. The van der Waals surface area contributed by atoms with Crippen LogP contribution in [0.3, 0.4) is 0 Å². The Morgan fingerprint density at radius 2 is 2.36 bits per heavy atom. The minimum absolute atomic E-state index is 0.479. The molecule has 4 heteroatoms. The van der Waals surface area contributed by atoms with Crippen LogP contribution in [0.2, 0.25) is 5.15 Å². The SMILES string of the molecule is [CH2]Cc1cc(Cl)nn1-c1cccnc1. The van der Waals surface area contributed by atoms with Gasteiger partial charge in [0, 0.05) is 11.9 Å². The van der Waals surface area contributed by atoms with Crippen molar-refractivity contribution in [2.75, 3.05) is 0 Å². The van der Waals surface area contributed by atoms with Crippen LogP contribution in [0.15, 0.2) is 30.6 Å². The zero-order chi connectivity index (χ0) is 9.97. The van der Waals surface area contributed by atoms with Crippen LogP contribution >= 0.6 is 11.6 Å². The molecule has 14 heavy (non-hydrogen) atoms. The zero-order valence-electron chi connectivity index (χ0n) is 7.52. The molecule has 0 amide bonds. The van der Waals surface area contributed by atoms with Crippen molar-refractivity contribution in [2.45, 2.75) is 6.42 Å². The van der Waals surface area contributed by atoms with Crippen LogP contribution in [0, 0.1) is 6.92 Å². The minimum Gasteiger partial charge on any atom is -0.262 e. The molecule has 1 radical (unpaired) electrons. The molecule has 0 aromatic carbocycles. The van der Waals surface area contributed by atoms with Crippen molar-refractivity contribution in [2.24, 2.45) is 0 Å². The van der Waals surface area contributed by atoms with E-state index in [1.807, 2.05) is 18.2 Å². The molecule has 0 N–H and O–H groups in total. The van der Waals surface area contributed by atoms with Crippen molar-refractivity contribution in [1.82, 2.24) is 14.8 Å². The standard InChI is InChI=1S/C10H9ClN3/c1-2-8-6-10(11)13-14(8)9-4-3-5-12-7-9/h3-7H,1-2H2. The molecule has 3 nitrogen and oxygen atoms in total. The number of hydrogen-bond donors (Lipinski definition) is 0. The molecule has 2 rings (SSSR count). The second kappa shape index (κ2) is 3.80. The number of hydrogen-bond acceptors (Lipinski definition) is 2. The summed E-state index contributed by atoms with van der Waals surface area (Å²) in [5.74, 6) is 0. The number of pyridine rings is 1. The number of aromatic nitrogens is 3. The Bertz CT molecular complexity index is 422. The van der Waals surface area contributed by atoms with Gasteiger partial charge in [-0.3, -0.25) is 4.98 Å². The summed E-state index contributed by atoms with van der Waals surface area (Å²) in [6.07, 6.45) is 4.11. The van der Waals surface area contributed by atoms with E-state index in [9.17, 15) is 0 Å². The number of rotatable bonds is 2. The zero-order valence-corrected chi connectivity index (χ0v) is 8.28. The van der Waals surface area contributed by atoms with E-state index in [1.54, 1.807) is 17.1 Å². The van der Waals surface area contributed by atoms with Crippen molar-refractivity contribution in [3.8, 4) is 5.69 Å². The predicted octanol–water partition coefficient (Wildman–Crippen LogP) is 2.30. The molecule has 0 aliphatic heterocycles. The van der Waals surface area contributed by atoms with Gasteiger partial charge in [0.15, 0.2) is 5.15 Å². The Labute approximate surface area is 87.3 Å². The molecular formula is C10H9ClN3. The quantitative estimate of drug-likeness (QED) is 0.755. The van der Waals surface area contributed by atoms with Crippen molar-refractivity contribution in [3.05, 3.63) is 48.4 Å². The smallest absolute Gasteiger partial charge is 0.151 e. The van der Waals surface area contributed by atoms with Crippen LogP contribution in [-0.2, 0) is 6.42 Å². The van der Waals surface area contributed by atoms with Gasteiger partial charge in [0.2, 0.25) is 0 Å². The van der Waals surface area contributed by atoms with Gasteiger partial charge in [-0.15, -0.1) is 0 Å². The van der Waals surface area contributed by atoms with E-state index in [1.165, 1.54) is 0 Å². The molecule has 71 valence electrons. The molecule has 0 spiro atoms. The second-order valence-corrected chi connectivity index (χ2v) is 3.22. The fourth-order valence-electron chi connectivity index (χ4n) is 1.27. The average Bonchev–Trinajstić information content (AvgIpc) is 2.61. The van der Waals surface area contributed by atoms with Gasteiger partial charge in [-0.05, 0) is 31.5 Å². The molecule has 0 aliphatic rings. The third kappa shape index (κ3) is 1.63. The molecule has 2 heterocycles. The highest BCUT2D eigenvalue weighted by Gasteiger charge is 2.05. The molecule has 0 aliphatic carbocycles. The lowest BCUT2D eigenvalue weighted by Crippen LogP contribution is -2.01. The fourth-order valence-corrected chi connectivity index (χ4v) is 1.47. The van der Waals surface area contributed by atoms with Gasteiger partial charge in [-0.2, -0.15) is 5.10 Å². The summed E-state index contributed by atoms with van der Waals surface area (Å²) in [4.78, 5) is 4.02. The molecule has 0 bridgehead atoms. The molecule has 0 saturated carbocycles. The Balaban J connectivity index is 2.51. The van der Waals surface area contributed by atoms with Gasteiger partial charge in [0.1, 0.15) is 0 Å². The molecular weight excluding hydrogens is 198 g/mol. The van der Waals surface area contributed by atoms with E-state index in [0.29, 0.717) is 11.6 Å². The van der Waals surface area contributed by atoms with E-state index in [-0.39, 0.29) is 0 Å². The normalized spacial score (nSPS) is 10.4.